The van der Waals surface area contributed by atoms with Crippen molar-refractivity contribution in [2.45, 2.75) is 25.3 Å². The molecule has 1 unspecified atom stereocenters. The van der Waals surface area contributed by atoms with Crippen molar-refractivity contribution >= 4 is 33.0 Å². The van der Waals surface area contributed by atoms with Crippen molar-refractivity contribution in [3.05, 3.63) is 50.1 Å². The Kier molecular flexibility index (Phi) is 3.58. The molecule has 0 bridgehead atoms. The molecule has 2 aromatic rings. The molecule has 1 aliphatic rings. The fraction of sp³-hybridized carbons (Fsp3) is 0.286. The van der Waals surface area contributed by atoms with E-state index in [0.717, 1.165) is 29.1 Å². The van der Waals surface area contributed by atoms with Crippen LogP contribution in [0.25, 0.3) is 0 Å². The molecule has 1 aromatic heterocycles. The second kappa shape index (κ2) is 5.21. The van der Waals surface area contributed by atoms with Crippen molar-refractivity contribution in [1.82, 2.24) is 0 Å². The molecule has 0 saturated carbocycles. The number of thiophene rings is 1. The molecule has 1 N–H and O–H groups in total. The van der Waals surface area contributed by atoms with Gasteiger partial charge in [0.05, 0.1) is 15.5 Å². The first-order valence-corrected chi connectivity index (χ1v) is 7.75. The highest BCUT2D eigenvalue weighted by Gasteiger charge is 2.23. The predicted octanol–water partition coefficient (Wildman–Crippen LogP) is 5.28. The SMILES string of the molecule is Fc1cccc(NC2CCCc3sc(Br)cc32)c1F. The number of anilines is 1. The Hall–Kier alpha value is -0.940. The number of aryl methyl sites for hydroxylation is 1. The van der Waals surface area contributed by atoms with Crippen LogP contribution in [-0.2, 0) is 6.42 Å². The van der Waals surface area contributed by atoms with Gasteiger partial charge in [0.15, 0.2) is 11.6 Å². The van der Waals surface area contributed by atoms with Crippen LogP contribution < -0.4 is 5.32 Å². The number of nitrogens with one attached hydrogen (secondary N) is 1. The van der Waals surface area contributed by atoms with Crippen LogP contribution in [0.1, 0.15) is 29.3 Å². The minimum atomic E-state index is -0.812. The molecule has 0 aliphatic heterocycles. The van der Waals surface area contributed by atoms with Crippen LogP contribution in [0.4, 0.5) is 14.5 Å². The summed E-state index contributed by atoms with van der Waals surface area (Å²) < 4.78 is 28.0. The second-order valence-corrected chi connectivity index (χ2v) is 7.14. The van der Waals surface area contributed by atoms with Crippen molar-refractivity contribution < 1.29 is 8.78 Å². The number of rotatable bonds is 2. The molecular formula is C14H12BrF2NS. The molecule has 1 aliphatic carbocycles. The second-order valence-electron chi connectivity index (χ2n) is 4.62. The fourth-order valence-electron chi connectivity index (χ4n) is 2.47. The van der Waals surface area contributed by atoms with Gasteiger partial charge in [0.1, 0.15) is 0 Å². The van der Waals surface area contributed by atoms with Crippen LogP contribution in [-0.4, -0.2) is 0 Å². The van der Waals surface area contributed by atoms with E-state index >= 15 is 0 Å². The van der Waals surface area contributed by atoms with Crippen LogP contribution in [0.3, 0.4) is 0 Å². The molecule has 5 heteroatoms. The van der Waals surface area contributed by atoms with Crippen LogP contribution in [0, 0.1) is 11.6 Å². The summed E-state index contributed by atoms with van der Waals surface area (Å²) in [6, 6.07) is 6.37. The third-order valence-electron chi connectivity index (χ3n) is 3.37. The normalized spacial score (nSPS) is 18.2. The maximum absolute atomic E-state index is 13.7. The van der Waals surface area contributed by atoms with Crippen molar-refractivity contribution in [3.63, 3.8) is 0 Å². The molecule has 0 radical (unpaired) electrons. The van der Waals surface area contributed by atoms with Gasteiger partial charge in [-0.05, 0) is 59.0 Å². The molecule has 1 aromatic carbocycles. The summed E-state index contributed by atoms with van der Waals surface area (Å²) in [4.78, 5) is 1.33. The number of hydrogen-bond acceptors (Lipinski definition) is 2. The first-order valence-electron chi connectivity index (χ1n) is 6.14. The van der Waals surface area contributed by atoms with Crippen molar-refractivity contribution in [2.75, 3.05) is 5.32 Å². The average Bonchev–Trinajstić information content (AvgIpc) is 2.76. The van der Waals surface area contributed by atoms with E-state index in [1.54, 1.807) is 17.4 Å². The highest BCUT2D eigenvalue weighted by molar-refractivity contribution is 9.11. The van der Waals surface area contributed by atoms with Gasteiger partial charge in [0.2, 0.25) is 0 Å². The molecule has 0 saturated heterocycles. The van der Waals surface area contributed by atoms with E-state index in [-0.39, 0.29) is 11.7 Å². The topological polar surface area (TPSA) is 12.0 Å². The van der Waals surface area contributed by atoms with Gasteiger partial charge >= 0.3 is 0 Å². The standard InChI is InChI=1S/C14H12BrF2NS/c15-13-7-8-10(4-2-6-12(8)19-13)18-11-5-1-3-9(16)14(11)17/h1,3,5,7,10,18H,2,4,6H2. The van der Waals surface area contributed by atoms with Crippen LogP contribution in [0.5, 0.6) is 0 Å². The van der Waals surface area contributed by atoms with Gasteiger partial charge in [-0.1, -0.05) is 6.07 Å². The molecule has 19 heavy (non-hydrogen) atoms. The minimum absolute atomic E-state index is 0.0580. The van der Waals surface area contributed by atoms with E-state index in [2.05, 4.69) is 27.3 Å². The van der Waals surface area contributed by atoms with Gasteiger partial charge in [-0.25, -0.2) is 8.78 Å². The molecule has 100 valence electrons. The molecule has 1 atom stereocenters. The van der Waals surface area contributed by atoms with Crippen LogP contribution in [0.15, 0.2) is 28.1 Å². The number of halogens is 3. The highest BCUT2D eigenvalue weighted by atomic mass is 79.9. The first kappa shape index (κ1) is 13.1. The molecule has 0 fully saturated rings. The molecule has 0 spiro atoms. The maximum atomic E-state index is 13.7. The van der Waals surface area contributed by atoms with E-state index in [1.165, 1.54) is 16.5 Å². The highest BCUT2D eigenvalue weighted by Crippen LogP contribution is 2.39. The lowest BCUT2D eigenvalue weighted by atomic mass is 9.94. The summed E-state index contributed by atoms with van der Waals surface area (Å²) in [6.45, 7) is 0. The van der Waals surface area contributed by atoms with E-state index in [1.807, 2.05) is 0 Å². The van der Waals surface area contributed by atoms with Gasteiger partial charge in [-0.2, -0.15) is 0 Å². The average molecular weight is 344 g/mol. The zero-order valence-corrected chi connectivity index (χ0v) is 12.5. The fourth-order valence-corrected chi connectivity index (χ4v) is 4.29. The summed E-state index contributed by atoms with van der Waals surface area (Å²) in [5.41, 5.74) is 1.44. The minimum Gasteiger partial charge on any atom is -0.376 e. The van der Waals surface area contributed by atoms with Gasteiger partial charge in [0, 0.05) is 4.88 Å². The van der Waals surface area contributed by atoms with E-state index in [9.17, 15) is 8.78 Å². The summed E-state index contributed by atoms with van der Waals surface area (Å²) in [5.74, 6) is -1.61. The summed E-state index contributed by atoms with van der Waals surface area (Å²) >= 11 is 5.21. The Morgan fingerprint density at radius 2 is 2.16 bits per heavy atom. The first-order chi connectivity index (χ1) is 9.15. The van der Waals surface area contributed by atoms with Crippen molar-refractivity contribution in [1.29, 1.82) is 0 Å². The predicted molar refractivity (Wildman–Crippen MR) is 77.7 cm³/mol. The number of hydrogen-bond donors (Lipinski definition) is 1. The van der Waals surface area contributed by atoms with E-state index in [4.69, 9.17) is 0 Å². The quantitative estimate of drug-likeness (QED) is 0.782. The molecular weight excluding hydrogens is 332 g/mol. The summed E-state index contributed by atoms with van der Waals surface area (Å²) in [6.07, 6.45) is 3.07. The van der Waals surface area contributed by atoms with E-state index in [0.29, 0.717) is 0 Å². The Morgan fingerprint density at radius 1 is 1.32 bits per heavy atom. The van der Waals surface area contributed by atoms with Gasteiger partial charge in [-0.15, -0.1) is 11.3 Å². The molecule has 1 nitrogen and oxygen atoms in total. The van der Waals surface area contributed by atoms with Gasteiger partial charge < -0.3 is 5.32 Å². The lowest BCUT2D eigenvalue weighted by Gasteiger charge is -2.24. The Labute approximate surface area is 122 Å². The van der Waals surface area contributed by atoms with E-state index < -0.39 is 11.6 Å². The van der Waals surface area contributed by atoms with Crippen LogP contribution >= 0.6 is 27.3 Å². The summed E-state index contributed by atoms with van der Waals surface area (Å²) in [7, 11) is 0. The zero-order chi connectivity index (χ0) is 13.4. The number of fused-ring (bicyclic) bond motifs is 1. The third-order valence-corrected chi connectivity index (χ3v) is 5.08. The smallest absolute Gasteiger partial charge is 0.181 e. The van der Waals surface area contributed by atoms with Gasteiger partial charge in [-0.3, -0.25) is 0 Å². The maximum Gasteiger partial charge on any atom is 0.181 e. The lowest BCUT2D eigenvalue weighted by molar-refractivity contribution is 0.507. The van der Waals surface area contributed by atoms with Gasteiger partial charge in [0.25, 0.3) is 0 Å². The Bertz CT molecular complexity index is 611. The summed E-state index contributed by atoms with van der Waals surface area (Å²) in [5, 5.41) is 3.13. The Morgan fingerprint density at radius 3 is 3.00 bits per heavy atom. The largest absolute Gasteiger partial charge is 0.376 e. The Balaban J connectivity index is 1.90. The molecule has 1 heterocycles. The zero-order valence-electron chi connectivity index (χ0n) is 10.1. The molecule has 0 amide bonds. The van der Waals surface area contributed by atoms with Crippen LogP contribution in [0.2, 0.25) is 0 Å². The lowest BCUT2D eigenvalue weighted by Crippen LogP contribution is -2.16. The third kappa shape index (κ3) is 2.54. The number of benzene rings is 1. The molecule has 3 rings (SSSR count). The van der Waals surface area contributed by atoms with Crippen molar-refractivity contribution in [3.8, 4) is 0 Å². The van der Waals surface area contributed by atoms with Crippen molar-refractivity contribution in [2.24, 2.45) is 0 Å². The monoisotopic (exact) mass is 343 g/mol.